The summed E-state index contributed by atoms with van der Waals surface area (Å²) < 4.78 is 21.8. The molecule has 0 aliphatic heterocycles. The number of pyridine rings is 2. The average molecular weight is 446 g/mol. The van der Waals surface area contributed by atoms with Gasteiger partial charge in [-0.05, 0) is 73.0 Å². The molecule has 4 rings (SSSR count). The van der Waals surface area contributed by atoms with Gasteiger partial charge in [0.15, 0.2) is 0 Å². The molecule has 0 spiro atoms. The summed E-state index contributed by atoms with van der Waals surface area (Å²) in [5.41, 5.74) is 4.13. The van der Waals surface area contributed by atoms with Crippen molar-refractivity contribution >= 4 is 28.5 Å². The highest BCUT2D eigenvalue weighted by Gasteiger charge is 2.10. The predicted octanol–water partition coefficient (Wildman–Crippen LogP) is 5.30. The van der Waals surface area contributed by atoms with Crippen molar-refractivity contribution in [2.75, 3.05) is 11.8 Å². The summed E-state index contributed by atoms with van der Waals surface area (Å²) in [5.74, 6) is 5.98. The predicted molar refractivity (Wildman–Crippen MR) is 126 cm³/mol. The van der Waals surface area contributed by atoms with Gasteiger partial charge in [-0.1, -0.05) is 17.9 Å². The van der Waals surface area contributed by atoms with E-state index < -0.39 is 6.10 Å². The first-order valence-corrected chi connectivity index (χ1v) is 10.7. The Morgan fingerprint density at radius 3 is 2.62 bits per heavy atom. The van der Waals surface area contributed by atoms with Gasteiger partial charge in [0.25, 0.3) is 0 Å². The summed E-state index contributed by atoms with van der Waals surface area (Å²) in [5, 5.41) is 10.4. The average Bonchev–Trinajstić information content (AvgIpc) is 2.81. The number of nitrogens with zero attached hydrogens (tertiary/aromatic N) is 2. The number of ether oxygens (including phenoxy) is 1. The van der Waals surface area contributed by atoms with Crippen LogP contribution in [0.2, 0.25) is 0 Å². The highest BCUT2D eigenvalue weighted by Crippen LogP contribution is 2.33. The van der Waals surface area contributed by atoms with E-state index in [9.17, 15) is 9.50 Å². The Bertz CT molecular complexity index is 1310. The smallest absolute Gasteiger partial charge is 0.237 e. The second-order valence-electron chi connectivity index (χ2n) is 6.97. The molecular weight excluding hydrogens is 425 g/mol. The molecule has 32 heavy (non-hydrogen) atoms. The molecule has 0 amide bonds. The van der Waals surface area contributed by atoms with Crippen LogP contribution in [-0.4, -0.2) is 28.3 Å². The Kier molecular flexibility index (Phi) is 6.55. The monoisotopic (exact) mass is 445 g/mol. The summed E-state index contributed by atoms with van der Waals surface area (Å²) in [6.07, 6.45) is 2.74. The summed E-state index contributed by atoms with van der Waals surface area (Å²) in [4.78, 5) is 9.70. The van der Waals surface area contributed by atoms with Crippen molar-refractivity contribution in [3.05, 3.63) is 78.4 Å². The summed E-state index contributed by atoms with van der Waals surface area (Å²) in [7, 11) is 1.56. The van der Waals surface area contributed by atoms with Crippen molar-refractivity contribution in [2.45, 2.75) is 17.9 Å². The fourth-order valence-electron chi connectivity index (χ4n) is 3.08. The minimum Gasteiger partial charge on any atom is -0.480 e. The van der Waals surface area contributed by atoms with E-state index in [1.54, 1.807) is 38.6 Å². The second kappa shape index (κ2) is 9.69. The van der Waals surface area contributed by atoms with Crippen LogP contribution in [0.25, 0.3) is 22.0 Å². The van der Waals surface area contributed by atoms with Gasteiger partial charge in [-0.2, -0.15) is 0 Å². The van der Waals surface area contributed by atoms with Crippen molar-refractivity contribution < 1.29 is 14.2 Å². The van der Waals surface area contributed by atoms with Gasteiger partial charge in [-0.3, -0.25) is 4.98 Å². The van der Waals surface area contributed by atoms with Crippen LogP contribution in [0.1, 0.15) is 12.5 Å². The number of benzene rings is 2. The molecule has 0 saturated heterocycles. The molecule has 0 bridgehead atoms. The molecule has 0 aliphatic rings. The van der Waals surface area contributed by atoms with E-state index in [1.165, 1.54) is 24.1 Å². The highest BCUT2D eigenvalue weighted by molar-refractivity contribution is 8.00. The Morgan fingerprint density at radius 1 is 1.06 bits per heavy atom. The molecular formula is C25H20FN3O2S. The number of halogens is 1. The topological polar surface area (TPSA) is 67.3 Å². The molecule has 2 N–H and O–H groups in total. The third kappa shape index (κ3) is 4.99. The normalized spacial score (nSPS) is 11.5. The molecule has 1 unspecified atom stereocenters. The number of aromatic nitrogens is 2. The van der Waals surface area contributed by atoms with Gasteiger partial charge in [-0.25, -0.2) is 9.37 Å². The van der Waals surface area contributed by atoms with E-state index in [2.05, 4.69) is 26.5 Å². The largest absolute Gasteiger partial charge is 0.480 e. The number of anilines is 1. The van der Waals surface area contributed by atoms with Gasteiger partial charge in [0, 0.05) is 33.8 Å². The SMILES string of the molecule is COc1ncc(-c2ccc3nccc(C#CC(C)O)c3c2)cc1NSc1ccc(F)cc1. The van der Waals surface area contributed by atoms with E-state index in [0.717, 1.165) is 32.5 Å². The fraction of sp³-hybridized carbons (Fsp3) is 0.120. The minimum atomic E-state index is -0.709. The standard InChI is InChI=1S/C25H20FN3O2S/c1-16(30)3-4-17-11-12-27-23-10-5-18(13-22(17)23)19-14-24(25(31-2)28-15-19)29-32-21-8-6-20(26)7-9-21/h5-16,29-30H,1-2H3. The maximum atomic E-state index is 13.2. The third-order valence-corrected chi connectivity index (χ3v) is 5.46. The first-order chi connectivity index (χ1) is 15.5. The zero-order chi connectivity index (χ0) is 22.5. The Hall–Kier alpha value is -3.60. The van der Waals surface area contributed by atoms with E-state index in [0.29, 0.717) is 11.6 Å². The molecule has 0 radical (unpaired) electrons. The lowest BCUT2D eigenvalue weighted by atomic mass is 10.0. The van der Waals surface area contributed by atoms with Crippen LogP contribution < -0.4 is 9.46 Å². The molecule has 0 fully saturated rings. The van der Waals surface area contributed by atoms with Crippen molar-refractivity contribution in [3.63, 3.8) is 0 Å². The number of hydrogen-bond donors (Lipinski definition) is 2. The number of aliphatic hydroxyl groups is 1. The first-order valence-electron chi connectivity index (χ1n) is 9.84. The van der Waals surface area contributed by atoms with Crippen molar-refractivity contribution in [1.29, 1.82) is 0 Å². The van der Waals surface area contributed by atoms with Gasteiger partial charge >= 0.3 is 0 Å². The van der Waals surface area contributed by atoms with Crippen LogP contribution in [-0.2, 0) is 0 Å². The second-order valence-corrected chi connectivity index (χ2v) is 7.85. The first kappa shape index (κ1) is 21.6. The maximum absolute atomic E-state index is 13.2. The number of hydrogen-bond acceptors (Lipinski definition) is 6. The highest BCUT2D eigenvalue weighted by atomic mass is 32.2. The van der Waals surface area contributed by atoms with E-state index in [4.69, 9.17) is 4.74 Å². The Morgan fingerprint density at radius 2 is 1.88 bits per heavy atom. The van der Waals surface area contributed by atoms with Gasteiger partial charge in [-0.15, -0.1) is 0 Å². The van der Waals surface area contributed by atoms with Crippen LogP contribution in [0.3, 0.4) is 0 Å². The maximum Gasteiger partial charge on any atom is 0.237 e. The molecule has 1 atom stereocenters. The molecule has 0 saturated carbocycles. The molecule has 0 aliphatic carbocycles. The van der Waals surface area contributed by atoms with Crippen molar-refractivity contribution in [3.8, 4) is 28.8 Å². The molecule has 2 heterocycles. The van der Waals surface area contributed by atoms with Gasteiger partial charge in [0.1, 0.15) is 17.6 Å². The van der Waals surface area contributed by atoms with Gasteiger partial charge in [0.05, 0.1) is 12.6 Å². The zero-order valence-corrected chi connectivity index (χ0v) is 18.3. The van der Waals surface area contributed by atoms with E-state index in [1.807, 2.05) is 30.3 Å². The number of rotatable bonds is 5. The quantitative estimate of drug-likeness (QED) is 0.321. The Balaban J connectivity index is 1.68. The zero-order valence-electron chi connectivity index (χ0n) is 17.5. The number of fused-ring (bicyclic) bond motifs is 1. The van der Waals surface area contributed by atoms with E-state index in [-0.39, 0.29) is 5.82 Å². The minimum absolute atomic E-state index is 0.279. The summed E-state index contributed by atoms with van der Waals surface area (Å²) in [6, 6.07) is 15.9. The van der Waals surface area contributed by atoms with Crippen LogP contribution in [0.4, 0.5) is 10.1 Å². The van der Waals surface area contributed by atoms with Crippen LogP contribution in [0.5, 0.6) is 5.88 Å². The fourth-order valence-corrected chi connectivity index (χ4v) is 3.73. The molecule has 2 aromatic carbocycles. The lowest BCUT2D eigenvalue weighted by molar-refractivity contribution is 0.253. The van der Waals surface area contributed by atoms with Crippen molar-refractivity contribution in [2.24, 2.45) is 0 Å². The van der Waals surface area contributed by atoms with Gasteiger partial charge in [0.2, 0.25) is 5.88 Å². The molecule has 2 aromatic heterocycles. The number of aliphatic hydroxyl groups excluding tert-OH is 1. The van der Waals surface area contributed by atoms with Crippen molar-refractivity contribution in [1.82, 2.24) is 9.97 Å². The van der Waals surface area contributed by atoms with Crippen LogP contribution in [0, 0.1) is 17.7 Å². The van der Waals surface area contributed by atoms with Crippen LogP contribution in [0.15, 0.2) is 71.9 Å². The lowest BCUT2D eigenvalue weighted by Crippen LogP contribution is -1.96. The third-order valence-electron chi connectivity index (χ3n) is 4.63. The summed E-state index contributed by atoms with van der Waals surface area (Å²) >= 11 is 1.34. The molecule has 160 valence electrons. The number of methoxy groups -OCH3 is 1. The lowest BCUT2D eigenvalue weighted by Gasteiger charge is -2.12. The number of nitrogens with one attached hydrogen (secondary N) is 1. The van der Waals surface area contributed by atoms with Crippen LogP contribution >= 0.6 is 11.9 Å². The summed E-state index contributed by atoms with van der Waals surface area (Å²) in [6.45, 7) is 1.63. The Labute approximate surface area is 189 Å². The van der Waals surface area contributed by atoms with E-state index >= 15 is 0 Å². The molecule has 5 nitrogen and oxygen atoms in total. The molecule has 4 aromatic rings. The van der Waals surface area contributed by atoms with Gasteiger partial charge < -0.3 is 14.6 Å². The molecule has 7 heteroatoms.